The van der Waals surface area contributed by atoms with Crippen molar-refractivity contribution < 1.29 is 0 Å². The molecule has 2 aromatic heterocycles. The van der Waals surface area contributed by atoms with Gasteiger partial charge < -0.3 is 5.32 Å². The molecule has 1 saturated heterocycles. The highest BCUT2D eigenvalue weighted by Crippen LogP contribution is 2.27. The van der Waals surface area contributed by atoms with Crippen molar-refractivity contribution in [3.63, 3.8) is 0 Å². The van der Waals surface area contributed by atoms with E-state index in [1.165, 1.54) is 23.0 Å². The highest BCUT2D eigenvalue weighted by atomic mass is 35.5. The van der Waals surface area contributed by atoms with Gasteiger partial charge in [0.1, 0.15) is 5.82 Å². The number of anilines is 1. The molecule has 8 heteroatoms. The molecular weight excluding hydrogens is 326 g/mol. The second kappa shape index (κ2) is 6.70. The van der Waals surface area contributed by atoms with Crippen molar-refractivity contribution in [3.8, 4) is 0 Å². The van der Waals surface area contributed by atoms with Gasteiger partial charge in [0.05, 0.1) is 6.04 Å². The lowest BCUT2D eigenvalue weighted by molar-refractivity contribution is 0.256. The third-order valence-electron chi connectivity index (χ3n) is 4.36. The molecule has 0 amide bonds. The molecule has 1 aliphatic heterocycles. The van der Waals surface area contributed by atoms with Crippen molar-refractivity contribution in [1.82, 2.24) is 30.2 Å². The van der Waals surface area contributed by atoms with E-state index in [1.807, 2.05) is 30.3 Å². The third-order valence-corrected chi connectivity index (χ3v) is 4.60. The number of rotatable bonds is 5. The van der Waals surface area contributed by atoms with E-state index >= 15 is 0 Å². The van der Waals surface area contributed by atoms with Crippen LogP contribution in [-0.4, -0.2) is 49.8 Å². The summed E-state index contributed by atoms with van der Waals surface area (Å²) in [6, 6.07) is 12.1. The van der Waals surface area contributed by atoms with E-state index in [4.69, 9.17) is 11.6 Å². The second-order valence-electron chi connectivity index (χ2n) is 5.94. The van der Waals surface area contributed by atoms with Crippen LogP contribution < -0.4 is 5.32 Å². The summed E-state index contributed by atoms with van der Waals surface area (Å²) in [7, 11) is 0. The molecule has 1 unspecified atom stereocenters. The van der Waals surface area contributed by atoms with E-state index in [0.717, 1.165) is 30.5 Å². The first-order valence-electron chi connectivity index (χ1n) is 8.08. The molecule has 0 bridgehead atoms. The minimum absolute atomic E-state index is 0.262. The topological polar surface area (TPSA) is 71.2 Å². The first-order chi connectivity index (χ1) is 11.8. The molecule has 0 spiro atoms. The first kappa shape index (κ1) is 15.3. The van der Waals surface area contributed by atoms with Gasteiger partial charge in [-0.25, -0.2) is 0 Å². The van der Waals surface area contributed by atoms with Crippen LogP contribution in [0.4, 0.5) is 5.82 Å². The van der Waals surface area contributed by atoms with Gasteiger partial charge in [0.25, 0.3) is 0 Å². The van der Waals surface area contributed by atoms with Crippen LogP contribution in [0.1, 0.15) is 24.4 Å². The zero-order chi connectivity index (χ0) is 16.4. The fourth-order valence-corrected chi connectivity index (χ4v) is 3.37. The number of hydrogen-bond acceptors (Lipinski definition) is 6. The van der Waals surface area contributed by atoms with Gasteiger partial charge in [0.2, 0.25) is 0 Å². The number of fused-ring (bicyclic) bond motifs is 1. The number of tetrazole rings is 1. The largest absolute Gasteiger partial charge is 0.367 e. The quantitative estimate of drug-likeness (QED) is 0.767. The lowest BCUT2D eigenvalue weighted by atomic mass is 10.1. The van der Waals surface area contributed by atoms with Gasteiger partial charge in [0, 0.05) is 11.6 Å². The van der Waals surface area contributed by atoms with E-state index in [9.17, 15) is 0 Å². The van der Waals surface area contributed by atoms with Crippen LogP contribution in [-0.2, 0) is 0 Å². The van der Waals surface area contributed by atoms with E-state index < -0.39 is 0 Å². The Morgan fingerprint density at radius 2 is 2.04 bits per heavy atom. The van der Waals surface area contributed by atoms with E-state index in [2.05, 4.69) is 36.9 Å². The normalized spacial score (nSPS) is 16.5. The van der Waals surface area contributed by atoms with Gasteiger partial charge >= 0.3 is 0 Å². The summed E-state index contributed by atoms with van der Waals surface area (Å²) in [6.45, 7) is 2.97. The Morgan fingerprint density at radius 3 is 2.88 bits per heavy atom. The smallest absolute Gasteiger partial charge is 0.200 e. The van der Waals surface area contributed by atoms with Gasteiger partial charge in [-0.3, -0.25) is 4.90 Å². The number of halogens is 1. The molecule has 1 aliphatic rings. The highest BCUT2D eigenvalue weighted by molar-refractivity contribution is 6.30. The summed E-state index contributed by atoms with van der Waals surface area (Å²) >= 11 is 6.19. The lowest BCUT2D eigenvalue weighted by Crippen LogP contribution is -2.31. The predicted molar refractivity (Wildman–Crippen MR) is 92.1 cm³/mol. The van der Waals surface area contributed by atoms with Crippen LogP contribution in [0.25, 0.3) is 5.65 Å². The van der Waals surface area contributed by atoms with E-state index in [-0.39, 0.29) is 6.04 Å². The molecule has 0 aliphatic carbocycles. The number of aromatic nitrogens is 5. The summed E-state index contributed by atoms with van der Waals surface area (Å²) < 4.78 is 1.42. The average Bonchev–Trinajstić information content (AvgIpc) is 3.26. The number of nitrogens with one attached hydrogen (secondary N) is 1. The lowest BCUT2D eigenvalue weighted by Gasteiger charge is -2.28. The molecule has 1 aromatic carbocycles. The summed E-state index contributed by atoms with van der Waals surface area (Å²) in [5.41, 5.74) is 1.85. The van der Waals surface area contributed by atoms with Crippen molar-refractivity contribution in [2.45, 2.75) is 18.9 Å². The Balaban J connectivity index is 1.54. The molecule has 1 fully saturated rings. The van der Waals surface area contributed by atoms with Crippen molar-refractivity contribution in [2.24, 2.45) is 0 Å². The van der Waals surface area contributed by atoms with Gasteiger partial charge in [-0.2, -0.15) is 0 Å². The Labute approximate surface area is 144 Å². The van der Waals surface area contributed by atoms with Crippen molar-refractivity contribution in [3.05, 3.63) is 47.0 Å². The zero-order valence-corrected chi connectivity index (χ0v) is 13.9. The predicted octanol–water partition coefficient (Wildman–Crippen LogP) is 2.42. The van der Waals surface area contributed by atoms with Crippen LogP contribution in [0.2, 0.25) is 5.02 Å². The Bertz CT molecular complexity index is 828. The average molecular weight is 344 g/mol. The second-order valence-corrected chi connectivity index (χ2v) is 6.38. The van der Waals surface area contributed by atoms with Crippen LogP contribution in [0.3, 0.4) is 0 Å². The summed E-state index contributed by atoms with van der Waals surface area (Å²) in [5, 5.41) is 19.8. The number of hydrogen-bond donors (Lipinski definition) is 1. The minimum atomic E-state index is 0.262. The molecule has 3 heterocycles. The Morgan fingerprint density at radius 1 is 1.17 bits per heavy atom. The highest BCUT2D eigenvalue weighted by Gasteiger charge is 2.23. The third kappa shape index (κ3) is 3.18. The van der Waals surface area contributed by atoms with Crippen LogP contribution in [0.15, 0.2) is 36.4 Å². The first-order valence-corrected chi connectivity index (χ1v) is 8.46. The summed E-state index contributed by atoms with van der Waals surface area (Å²) in [5.74, 6) is 0.751. The van der Waals surface area contributed by atoms with Crippen molar-refractivity contribution in [2.75, 3.05) is 25.0 Å². The van der Waals surface area contributed by atoms with Gasteiger partial charge in [-0.15, -0.1) is 14.8 Å². The maximum atomic E-state index is 6.19. The molecule has 24 heavy (non-hydrogen) atoms. The Kier molecular flexibility index (Phi) is 4.27. The maximum absolute atomic E-state index is 6.19. The molecule has 4 rings (SSSR count). The number of likely N-dealkylation sites (tertiary alicyclic amines) is 1. The van der Waals surface area contributed by atoms with Crippen LogP contribution in [0, 0.1) is 0 Å². The van der Waals surface area contributed by atoms with Gasteiger partial charge in [-0.1, -0.05) is 23.7 Å². The molecule has 7 nitrogen and oxygen atoms in total. The van der Waals surface area contributed by atoms with Gasteiger partial charge in [0.15, 0.2) is 5.65 Å². The molecule has 124 valence electrons. The van der Waals surface area contributed by atoms with Crippen LogP contribution >= 0.6 is 11.6 Å². The summed E-state index contributed by atoms with van der Waals surface area (Å²) in [6.07, 6.45) is 2.48. The Hall–Kier alpha value is -2.25. The fraction of sp³-hybridized carbons (Fsp3) is 0.375. The fourth-order valence-electron chi connectivity index (χ4n) is 3.17. The number of benzene rings is 1. The van der Waals surface area contributed by atoms with Gasteiger partial charge in [-0.05, 0) is 66.2 Å². The molecule has 1 N–H and O–H groups in total. The van der Waals surface area contributed by atoms with E-state index in [0.29, 0.717) is 5.65 Å². The zero-order valence-electron chi connectivity index (χ0n) is 13.1. The van der Waals surface area contributed by atoms with E-state index in [1.54, 1.807) is 0 Å². The molecule has 1 atom stereocenters. The van der Waals surface area contributed by atoms with Crippen molar-refractivity contribution >= 4 is 23.1 Å². The molecule has 3 aromatic rings. The van der Waals surface area contributed by atoms with Crippen molar-refractivity contribution in [1.29, 1.82) is 0 Å². The minimum Gasteiger partial charge on any atom is -0.367 e. The number of nitrogens with zero attached hydrogens (tertiary/aromatic N) is 6. The SMILES string of the molecule is Clc1cccc(C(CNc2ccc3nnnn3n2)N2CCCC2)c1. The monoisotopic (exact) mass is 343 g/mol. The molecule has 0 saturated carbocycles. The van der Waals surface area contributed by atoms with Crippen LogP contribution in [0.5, 0.6) is 0 Å². The standard InChI is InChI=1S/C16H18ClN7/c17-13-5-3-4-12(10-13)14(23-8-1-2-9-23)11-18-15-6-7-16-19-21-22-24(16)20-15/h3-7,10,14H,1-2,8-9,11H2,(H,18,20). The molecule has 0 radical (unpaired) electrons. The molecular formula is C16H18ClN7. The maximum Gasteiger partial charge on any atom is 0.200 e. The summed E-state index contributed by atoms with van der Waals surface area (Å²) in [4.78, 5) is 2.49.